The van der Waals surface area contributed by atoms with Crippen LogP contribution in [0.2, 0.25) is 0 Å². The summed E-state index contributed by atoms with van der Waals surface area (Å²) in [4.78, 5) is 34.9. The molecule has 1 aromatic carbocycles. The van der Waals surface area contributed by atoms with Crippen LogP contribution in [-0.4, -0.2) is 30.5 Å². The minimum absolute atomic E-state index is 0.139. The Hall–Kier alpha value is -2.44. The van der Waals surface area contributed by atoms with Crippen LogP contribution in [0.1, 0.15) is 22.8 Å². The summed E-state index contributed by atoms with van der Waals surface area (Å²) in [5.74, 6) is -0.951. The minimum Gasteiger partial charge on any atom is -0.465 e. The zero-order valence-corrected chi connectivity index (χ0v) is 10.5. The van der Waals surface area contributed by atoms with E-state index >= 15 is 0 Å². The van der Waals surface area contributed by atoms with Crippen LogP contribution in [0, 0.1) is 10.1 Å². The molecule has 0 atom stereocenters. The smallest absolute Gasteiger partial charge is 0.344 e. The lowest BCUT2D eigenvalue weighted by Gasteiger charge is -2.15. The lowest BCUT2D eigenvalue weighted by atomic mass is 10.1. The molecule has 2 rings (SSSR count). The van der Waals surface area contributed by atoms with Crippen LogP contribution >= 0.6 is 0 Å². The Kier molecular flexibility index (Phi) is 3.20. The Morgan fingerprint density at radius 1 is 1.42 bits per heavy atom. The third-order valence-corrected chi connectivity index (χ3v) is 3.07. The number of amides is 1. The van der Waals surface area contributed by atoms with E-state index in [4.69, 9.17) is 0 Å². The topological polar surface area (TPSA) is 89.8 Å². The largest absolute Gasteiger partial charge is 0.465 e. The fraction of sp³-hybridized carbons (Fsp3) is 0.333. The number of nitro groups is 1. The Morgan fingerprint density at radius 3 is 2.63 bits per heavy atom. The summed E-state index contributed by atoms with van der Waals surface area (Å²) in [5.41, 5.74) is 0.795. The van der Waals surface area contributed by atoms with Crippen molar-refractivity contribution < 1.29 is 19.2 Å². The van der Waals surface area contributed by atoms with Gasteiger partial charge in [0.15, 0.2) is 0 Å². The molecular formula is C12H12N2O5. The van der Waals surface area contributed by atoms with Crippen molar-refractivity contribution in [1.29, 1.82) is 0 Å². The van der Waals surface area contributed by atoms with Crippen molar-refractivity contribution in [1.82, 2.24) is 0 Å². The van der Waals surface area contributed by atoms with Crippen molar-refractivity contribution >= 4 is 23.3 Å². The van der Waals surface area contributed by atoms with Crippen LogP contribution in [0.3, 0.4) is 0 Å². The van der Waals surface area contributed by atoms with E-state index in [1.807, 2.05) is 0 Å². The predicted octanol–water partition coefficient (Wildman–Crippen LogP) is 1.29. The number of ether oxygens (including phenoxy) is 1. The second-order valence-electron chi connectivity index (χ2n) is 4.17. The Morgan fingerprint density at radius 2 is 2.11 bits per heavy atom. The number of nitrogens with zero attached hydrogens (tertiary/aromatic N) is 2. The molecule has 0 N–H and O–H groups in total. The molecular weight excluding hydrogens is 252 g/mol. The summed E-state index contributed by atoms with van der Waals surface area (Å²) in [6, 6.07) is 2.69. The van der Waals surface area contributed by atoms with Gasteiger partial charge in [-0.05, 0) is 18.1 Å². The summed E-state index contributed by atoms with van der Waals surface area (Å²) in [6.07, 6.45) is 0.539. The SMILES string of the molecule is COC(=O)c1cc2c(cc1[N+](=O)[O-])CCN2C(C)=O. The number of nitro benzene ring substituents is 1. The number of rotatable bonds is 2. The maximum absolute atomic E-state index is 11.6. The summed E-state index contributed by atoms with van der Waals surface area (Å²) in [5, 5.41) is 11.0. The molecule has 1 aliphatic heterocycles. The van der Waals surface area contributed by atoms with Crippen LogP contribution < -0.4 is 4.90 Å². The van der Waals surface area contributed by atoms with Crippen molar-refractivity contribution in [3.8, 4) is 0 Å². The van der Waals surface area contributed by atoms with Gasteiger partial charge in [0.05, 0.1) is 12.0 Å². The zero-order valence-electron chi connectivity index (χ0n) is 10.5. The third-order valence-electron chi connectivity index (χ3n) is 3.07. The van der Waals surface area contributed by atoms with Gasteiger partial charge in [0.2, 0.25) is 5.91 Å². The van der Waals surface area contributed by atoms with Crippen LogP contribution in [0.5, 0.6) is 0 Å². The number of anilines is 1. The third kappa shape index (κ3) is 2.14. The molecule has 0 aromatic heterocycles. The summed E-state index contributed by atoms with van der Waals surface area (Å²) in [7, 11) is 1.15. The molecule has 1 aromatic rings. The van der Waals surface area contributed by atoms with Gasteiger partial charge in [-0.3, -0.25) is 14.9 Å². The summed E-state index contributed by atoms with van der Waals surface area (Å²) in [6.45, 7) is 1.88. The Balaban J connectivity index is 2.60. The highest BCUT2D eigenvalue weighted by Gasteiger charge is 2.30. The molecule has 0 radical (unpaired) electrons. The molecule has 0 unspecified atom stereocenters. The fourth-order valence-corrected chi connectivity index (χ4v) is 2.18. The van der Waals surface area contributed by atoms with Gasteiger partial charge >= 0.3 is 5.97 Å². The van der Waals surface area contributed by atoms with E-state index in [0.29, 0.717) is 24.2 Å². The quantitative estimate of drug-likeness (QED) is 0.456. The number of hydrogen-bond donors (Lipinski definition) is 0. The minimum atomic E-state index is -0.787. The van der Waals surface area contributed by atoms with Crippen LogP contribution in [0.25, 0.3) is 0 Å². The molecule has 0 fully saturated rings. The number of benzene rings is 1. The van der Waals surface area contributed by atoms with Gasteiger partial charge in [-0.1, -0.05) is 0 Å². The number of hydrogen-bond acceptors (Lipinski definition) is 5. The van der Waals surface area contributed by atoms with E-state index in [9.17, 15) is 19.7 Å². The number of esters is 1. The van der Waals surface area contributed by atoms with Gasteiger partial charge in [-0.2, -0.15) is 0 Å². The van der Waals surface area contributed by atoms with Crippen molar-refractivity contribution in [2.75, 3.05) is 18.6 Å². The molecule has 7 nitrogen and oxygen atoms in total. The molecule has 0 spiro atoms. The molecule has 0 aliphatic carbocycles. The first kappa shape index (κ1) is 13.0. The molecule has 0 bridgehead atoms. The van der Waals surface area contributed by atoms with E-state index < -0.39 is 10.9 Å². The normalized spacial score (nSPS) is 13.1. The monoisotopic (exact) mass is 264 g/mol. The summed E-state index contributed by atoms with van der Waals surface area (Å²) < 4.78 is 4.54. The molecule has 0 saturated carbocycles. The molecule has 100 valence electrons. The molecule has 7 heteroatoms. The van der Waals surface area contributed by atoms with Crippen molar-refractivity contribution in [3.63, 3.8) is 0 Å². The van der Waals surface area contributed by atoms with Gasteiger partial charge in [0.25, 0.3) is 5.69 Å². The number of fused-ring (bicyclic) bond motifs is 1. The van der Waals surface area contributed by atoms with Gasteiger partial charge < -0.3 is 9.64 Å². The van der Waals surface area contributed by atoms with Crippen molar-refractivity contribution in [2.24, 2.45) is 0 Å². The Labute approximate surface area is 108 Å². The second kappa shape index (κ2) is 4.68. The standard InChI is InChI=1S/C12H12N2O5/c1-7(15)13-4-3-8-5-11(14(17)18)9(6-10(8)13)12(16)19-2/h5-6H,3-4H2,1-2H3. The lowest BCUT2D eigenvalue weighted by Crippen LogP contribution is -2.26. The van der Waals surface area contributed by atoms with E-state index in [1.165, 1.54) is 24.0 Å². The first-order chi connectivity index (χ1) is 8.95. The highest BCUT2D eigenvalue weighted by Crippen LogP contribution is 2.34. The van der Waals surface area contributed by atoms with Gasteiger partial charge in [0, 0.05) is 25.2 Å². The van der Waals surface area contributed by atoms with Crippen molar-refractivity contribution in [3.05, 3.63) is 33.4 Å². The fourth-order valence-electron chi connectivity index (χ4n) is 2.18. The Bertz CT molecular complexity index is 582. The first-order valence-corrected chi connectivity index (χ1v) is 5.63. The van der Waals surface area contributed by atoms with E-state index in [2.05, 4.69) is 4.74 Å². The van der Waals surface area contributed by atoms with Gasteiger partial charge in [-0.15, -0.1) is 0 Å². The average molecular weight is 264 g/mol. The highest BCUT2D eigenvalue weighted by atomic mass is 16.6. The lowest BCUT2D eigenvalue weighted by molar-refractivity contribution is -0.385. The highest BCUT2D eigenvalue weighted by molar-refractivity contribution is 5.99. The molecule has 19 heavy (non-hydrogen) atoms. The predicted molar refractivity (Wildman–Crippen MR) is 66.2 cm³/mol. The number of methoxy groups -OCH3 is 1. The van der Waals surface area contributed by atoms with Crippen LogP contribution in [0.4, 0.5) is 11.4 Å². The van der Waals surface area contributed by atoms with E-state index in [1.54, 1.807) is 0 Å². The molecule has 1 amide bonds. The summed E-state index contributed by atoms with van der Waals surface area (Å²) >= 11 is 0. The number of carbonyl (C=O) groups is 2. The van der Waals surface area contributed by atoms with Crippen molar-refractivity contribution in [2.45, 2.75) is 13.3 Å². The maximum Gasteiger partial charge on any atom is 0.344 e. The van der Waals surface area contributed by atoms with Crippen LogP contribution in [0.15, 0.2) is 12.1 Å². The van der Waals surface area contributed by atoms with Gasteiger partial charge in [0.1, 0.15) is 5.56 Å². The van der Waals surface area contributed by atoms with Crippen LogP contribution in [-0.2, 0) is 16.0 Å². The molecule has 0 saturated heterocycles. The van der Waals surface area contributed by atoms with E-state index in [0.717, 1.165) is 7.11 Å². The maximum atomic E-state index is 11.6. The molecule has 1 aliphatic rings. The average Bonchev–Trinajstić information content (AvgIpc) is 2.79. The van der Waals surface area contributed by atoms with Gasteiger partial charge in [-0.25, -0.2) is 4.79 Å². The zero-order chi connectivity index (χ0) is 14.2. The second-order valence-corrected chi connectivity index (χ2v) is 4.17. The van der Waals surface area contributed by atoms with E-state index in [-0.39, 0.29) is 17.2 Å². The molecule has 1 heterocycles. The first-order valence-electron chi connectivity index (χ1n) is 5.63. The number of carbonyl (C=O) groups excluding carboxylic acids is 2.